The summed E-state index contributed by atoms with van der Waals surface area (Å²) >= 11 is 0. The van der Waals surface area contributed by atoms with Crippen molar-refractivity contribution >= 4 is 0 Å². The molecule has 1 aliphatic heterocycles. The van der Waals surface area contributed by atoms with Gasteiger partial charge in [0.15, 0.2) is 0 Å². The topological polar surface area (TPSA) is 51.2 Å². The summed E-state index contributed by atoms with van der Waals surface area (Å²) in [6, 6.07) is 8.59. The van der Waals surface area contributed by atoms with Crippen molar-refractivity contribution in [3.8, 4) is 5.75 Å². The van der Waals surface area contributed by atoms with Crippen LogP contribution in [-0.2, 0) is 16.0 Å². The number of aliphatic hydroxyl groups excluding tert-OH is 1. The third kappa shape index (κ3) is 3.59. The van der Waals surface area contributed by atoms with Gasteiger partial charge in [-0.15, -0.1) is 0 Å². The molecule has 1 N–H and O–H groups in total. The minimum Gasteiger partial charge on any atom is -0.491 e. The molecule has 1 saturated heterocycles. The van der Waals surface area contributed by atoms with Gasteiger partial charge in [-0.05, 0) is 43.4 Å². The van der Waals surface area contributed by atoms with Crippen LogP contribution < -0.4 is 4.74 Å². The van der Waals surface area contributed by atoms with E-state index < -0.39 is 0 Å². The highest BCUT2D eigenvalue weighted by atomic mass is 16.5. The molecule has 0 aromatic heterocycles. The Balaban J connectivity index is 1.66. The van der Waals surface area contributed by atoms with E-state index in [1.165, 1.54) is 5.56 Å². The van der Waals surface area contributed by atoms with E-state index in [2.05, 4.69) is 17.0 Å². The van der Waals surface area contributed by atoms with Crippen LogP contribution in [0.5, 0.6) is 5.75 Å². The zero-order valence-corrected chi connectivity index (χ0v) is 14.7. The Kier molecular flexibility index (Phi) is 5.76. The Bertz CT molecular complexity index is 521. The molecule has 1 heterocycles. The maximum Gasteiger partial charge on any atom is 0.119 e. The number of ether oxygens (including phenoxy) is 3. The van der Waals surface area contributed by atoms with Crippen molar-refractivity contribution in [3.63, 3.8) is 0 Å². The standard InChI is InChI=1S/C19H29NO4/c1-22-17-7-8-19(23-2)9-10-20(18(19)13-17)14-15-3-5-16(6-4-15)24-12-11-21/h3-6,17-18,21H,7-14H2,1-2H3/t17-,18+,19-/m1/s1. The van der Waals surface area contributed by atoms with Crippen LogP contribution in [0.15, 0.2) is 24.3 Å². The fourth-order valence-electron chi connectivity index (χ4n) is 4.25. The van der Waals surface area contributed by atoms with Crippen LogP contribution in [0.1, 0.15) is 31.2 Å². The van der Waals surface area contributed by atoms with Crippen molar-refractivity contribution in [2.45, 2.75) is 50.0 Å². The Morgan fingerprint density at radius 2 is 2.00 bits per heavy atom. The average molecular weight is 335 g/mol. The molecule has 0 unspecified atom stereocenters. The normalized spacial score (nSPS) is 30.3. The zero-order chi connectivity index (χ0) is 17.0. The SMILES string of the molecule is CO[C@@H]1CC[C@@]2(OC)CCN(Cc3ccc(OCCO)cc3)[C@H]2C1. The molecule has 1 aromatic carbocycles. The molecule has 0 radical (unpaired) electrons. The van der Waals surface area contributed by atoms with Gasteiger partial charge in [0.2, 0.25) is 0 Å². The lowest BCUT2D eigenvalue weighted by Crippen LogP contribution is -2.51. The minimum absolute atomic E-state index is 0.000786. The van der Waals surface area contributed by atoms with E-state index in [1.54, 1.807) is 0 Å². The summed E-state index contributed by atoms with van der Waals surface area (Å²) in [4.78, 5) is 2.54. The number of hydrogen-bond donors (Lipinski definition) is 1. The molecule has 5 nitrogen and oxygen atoms in total. The average Bonchev–Trinajstić information content (AvgIpc) is 2.99. The molecule has 1 aromatic rings. The van der Waals surface area contributed by atoms with E-state index >= 15 is 0 Å². The van der Waals surface area contributed by atoms with Crippen molar-refractivity contribution in [2.24, 2.45) is 0 Å². The number of fused-ring (bicyclic) bond motifs is 1. The summed E-state index contributed by atoms with van der Waals surface area (Å²) < 4.78 is 17.0. The number of hydrogen-bond acceptors (Lipinski definition) is 5. The van der Waals surface area contributed by atoms with Gasteiger partial charge >= 0.3 is 0 Å². The maximum atomic E-state index is 8.82. The molecule has 5 heteroatoms. The molecule has 2 aliphatic rings. The van der Waals surface area contributed by atoms with Gasteiger partial charge in [0.25, 0.3) is 0 Å². The quantitative estimate of drug-likeness (QED) is 0.828. The second-order valence-corrected chi connectivity index (χ2v) is 6.85. The van der Waals surface area contributed by atoms with Crippen LogP contribution in [0.3, 0.4) is 0 Å². The Hall–Kier alpha value is -1.14. The summed E-state index contributed by atoms with van der Waals surface area (Å²) in [5, 5.41) is 8.82. The molecule has 134 valence electrons. The molecule has 0 bridgehead atoms. The van der Waals surface area contributed by atoms with E-state index in [0.717, 1.165) is 44.5 Å². The third-order valence-electron chi connectivity index (χ3n) is 5.65. The van der Waals surface area contributed by atoms with Crippen LogP contribution in [0.25, 0.3) is 0 Å². The first-order chi connectivity index (χ1) is 11.7. The fourth-order valence-corrected chi connectivity index (χ4v) is 4.25. The molecule has 24 heavy (non-hydrogen) atoms. The Morgan fingerprint density at radius 1 is 1.21 bits per heavy atom. The second kappa shape index (κ2) is 7.83. The minimum atomic E-state index is -0.000786. The van der Waals surface area contributed by atoms with Crippen LogP contribution in [0, 0.1) is 0 Å². The van der Waals surface area contributed by atoms with Crippen molar-refractivity contribution in [1.82, 2.24) is 4.90 Å². The van der Waals surface area contributed by atoms with Gasteiger partial charge in [-0.25, -0.2) is 0 Å². The molecule has 0 spiro atoms. The fraction of sp³-hybridized carbons (Fsp3) is 0.684. The Labute approximate surface area is 144 Å². The molecular weight excluding hydrogens is 306 g/mol. The van der Waals surface area contributed by atoms with Crippen LogP contribution in [0.4, 0.5) is 0 Å². The second-order valence-electron chi connectivity index (χ2n) is 6.85. The monoisotopic (exact) mass is 335 g/mol. The number of aliphatic hydroxyl groups is 1. The molecule has 3 rings (SSSR count). The predicted octanol–water partition coefficient (Wildman–Crippen LogP) is 2.22. The number of likely N-dealkylation sites (tertiary alicyclic amines) is 1. The first kappa shape index (κ1) is 17.7. The maximum absolute atomic E-state index is 8.82. The smallest absolute Gasteiger partial charge is 0.119 e. The molecule has 0 amide bonds. The largest absolute Gasteiger partial charge is 0.491 e. The summed E-state index contributed by atoms with van der Waals surface area (Å²) in [6.07, 6.45) is 4.65. The van der Waals surface area contributed by atoms with Gasteiger partial charge in [-0.1, -0.05) is 12.1 Å². The van der Waals surface area contributed by atoms with Gasteiger partial charge in [0, 0.05) is 33.4 Å². The zero-order valence-electron chi connectivity index (χ0n) is 14.7. The van der Waals surface area contributed by atoms with Crippen molar-refractivity contribution < 1.29 is 19.3 Å². The predicted molar refractivity (Wildman–Crippen MR) is 92.2 cm³/mol. The third-order valence-corrected chi connectivity index (χ3v) is 5.65. The number of nitrogens with zero attached hydrogens (tertiary/aromatic N) is 1. The van der Waals surface area contributed by atoms with Gasteiger partial charge in [-0.2, -0.15) is 0 Å². The van der Waals surface area contributed by atoms with E-state index in [1.807, 2.05) is 26.4 Å². The molecule has 1 aliphatic carbocycles. The van der Waals surface area contributed by atoms with E-state index in [9.17, 15) is 0 Å². The molecular formula is C19H29NO4. The number of rotatable bonds is 7. The highest BCUT2D eigenvalue weighted by molar-refractivity contribution is 5.27. The molecule has 3 atom stereocenters. The first-order valence-electron chi connectivity index (χ1n) is 8.85. The van der Waals surface area contributed by atoms with Crippen molar-refractivity contribution in [2.75, 3.05) is 34.0 Å². The van der Waals surface area contributed by atoms with E-state index in [4.69, 9.17) is 19.3 Å². The number of benzene rings is 1. The van der Waals surface area contributed by atoms with Gasteiger partial charge in [0.1, 0.15) is 12.4 Å². The molecule has 1 saturated carbocycles. The van der Waals surface area contributed by atoms with Crippen LogP contribution in [-0.4, -0.2) is 61.7 Å². The number of methoxy groups -OCH3 is 2. The van der Waals surface area contributed by atoms with Crippen molar-refractivity contribution in [1.29, 1.82) is 0 Å². The highest BCUT2D eigenvalue weighted by Crippen LogP contribution is 2.43. The summed E-state index contributed by atoms with van der Waals surface area (Å²) in [5.74, 6) is 0.803. The lowest BCUT2D eigenvalue weighted by atomic mass is 9.79. The van der Waals surface area contributed by atoms with Crippen LogP contribution >= 0.6 is 0 Å². The van der Waals surface area contributed by atoms with Gasteiger partial charge in [-0.3, -0.25) is 4.90 Å². The van der Waals surface area contributed by atoms with E-state index in [0.29, 0.717) is 18.8 Å². The van der Waals surface area contributed by atoms with Crippen LogP contribution in [0.2, 0.25) is 0 Å². The van der Waals surface area contributed by atoms with Gasteiger partial charge < -0.3 is 19.3 Å². The summed E-state index contributed by atoms with van der Waals surface area (Å²) in [6.45, 7) is 2.36. The lowest BCUT2D eigenvalue weighted by Gasteiger charge is -2.43. The van der Waals surface area contributed by atoms with Gasteiger partial charge in [0.05, 0.1) is 18.3 Å². The Morgan fingerprint density at radius 3 is 2.67 bits per heavy atom. The highest BCUT2D eigenvalue weighted by Gasteiger charge is 2.50. The van der Waals surface area contributed by atoms with E-state index in [-0.39, 0.29) is 12.2 Å². The molecule has 2 fully saturated rings. The summed E-state index contributed by atoms with van der Waals surface area (Å²) in [5.41, 5.74) is 1.27. The first-order valence-corrected chi connectivity index (χ1v) is 8.85. The lowest BCUT2D eigenvalue weighted by molar-refractivity contribution is -0.0947. The summed E-state index contributed by atoms with van der Waals surface area (Å²) in [7, 11) is 3.67. The van der Waals surface area contributed by atoms with Crippen molar-refractivity contribution in [3.05, 3.63) is 29.8 Å².